The summed E-state index contributed by atoms with van der Waals surface area (Å²) in [5, 5.41) is 6.42. The van der Waals surface area contributed by atoms with Gasteiger partial charge in [0.05, 0.1) is 0 Å². The maximum Gasteiger partial charge on any atom is 0.221 e. The molecule has 0 radical (unpaired) electrons. The minimum Gasteiger partial charge on any atom is -0.351 e. The van der Waals surface area contributed by atoms with Crippen molar-refractivity contribution in [2.75, 3.05) is 13.1 Å². The van der Waals surface area contributed by atoms with Gasteiger partial charge in [-0.1, -0.05) is 19.8 Å². The summed E-state index contributed by atoms with van der Waals surface area (Å²) in [4.78, 5) is 11.6. The molecule has 0 bridgehead atoms. The zero-order valence-electron chi connectivity index (χ0n) is 12.5. The lowest BCUT2D eigenvalue weighted by atomic mass is 9.82. The van der Waals surface area contributed by atoms with E-state index in [-0.39, 0.29) is 11.4 Å². The Morgan fingerprint density at radius 2 is 2.00 bits per heavy atom. The molecule has 1 aliphatic rings. The molecule has 3 heteroatoms. The van der Waals surface area contributed by atoms with Crippen molar-refractivity contribution in [3.63, 3.8) is 0 Å². The van der Waals surface area contributed by atoms with Crippen molar-refractivity contribution in [2.45, 2.75) is 65.3 Å². The van der Waals surface area contributed by atoms with Crippen LogP contribution in [-0.2, 0) is 4.79 Å². The van der Waals surface area contributed by atoms with Crippen LogP contribution in [0.5, 0.6) is 0 Å². The molecule has 0 saturated heterocycles. The van der Waals surface area contributed by atoms with Gasteiger partial charge in [-0.15, -0.1) is 0 Å². The summed E-state index contributed by atoms with van der Waals surface area (Å²) >= 11 is 0. The number of carbonyl (C=O) groups excluding carboxylic acids is 1. The van der Waals surface area contributed by atoms with Crippen molar-refractivity contribution in [3.8, 4) is 0 Å². The second-order valence-corrected chi connectivity index (χ2v) is 6.89. The third kappa shape index (κ3) is 7.00. The average molecular weight is 254 g/mol. The van der Waals surface area contributed by atoms with Gasteiger partial charge in [0.25, 0.3) is 0 Å². The Kier molecular flexibility index (Phi) is 6.13. The molecule has 3 nitrogen and oxygen atoms in total. The highest BCUT2D eigenvalue weighted by Crippen LogP contribution is 2.27. The van der Waals surface area contributed by atoms with E-state index in [1.807, 2.05) is 20.8 Å². The zero-order valence-corrected chi connectivity index (χ0v) is 12.5. The molecule has 0 aromatic heterocycles. The van der Waals surface area contributed by atoms with E-state index in [1.165, 1.54) is 25.7 Å². The number of carbonyl (C=O) groups is 1. The van der Waals surface area contributed by atoms with Crippen LogP contribution in [0.1, 0.15) is 59.8 Å². The van der Waals surface area contributed by atoms with Gasteiger partial charge in [-0.25, -0.2) is 0 Å². The Morgan fingerprint density at radius 1 is 1.28 bits per heavy atom. The van der Waals surface area contributed by atoms with Crippen molar-refractivity contribution < 1.29 is 4.79 Å². The fourth-order valence-electron chi connectivity index (χ4n) is 2.73. The first kappa shape index (κ1) is 15.5. The van der Waals surface area contributed by atoms with E-state index in [4.69, 9.17) is 0 Å². The van der Waals surface area contributed by atoms with Crippen molar-refractivity contribution in [1.29, 1.82) is 0 Å². The Labute approximate surface area is 112 Å². The van der Waals surface area contributed by atoms with Crippen LogP contribution in [0, 0.1) is 11.8 Å². The molecule has 0 aromatic rings. The van der Waals surface area contributed by atoms with Crippen molar-refractivity contribution in [3.05, 3.63) is 0 Å². The molecular weight excluding hydrogens is 224 g/mol. The van der Waals surface area contributed by atoms with Crippen LogP contribution >= 0.6 is 0 Å². The van der Waals surface area contributed by atoms with Gasteiger partial charge in [0.2, 0.25) is 5.91 Å². The van der Waals surface area contributed by atoms with E-state index >= 15 is 0 Å². The molecule has 0 aromatic carbocycles. The molecular formula is C15H30N2O. The maximum atomic E-state index is 11.6. The fourth-order valence-corrected chi connectivity index (χ4v) is 2.73. The number of rotatable bonds is 5. The zero-order chi connectivity index (χ0) is 13.6. The molecule has 0 spiro atoms. The third-order valence-corrected chi connectivity index (χ3v) is 3.52. The molecule has 1 aliphatic carbocycles. The minimum atomic E-state index is -0.115. The third-order valence-electron chi connectivity index (χ3n) is 3.52. The normalized spacial score (nSPS) is 24.9. The lowest BCUT2D eigenvalue weighted by Crippen LogP contribution is -2.41. The topological polar surface area (TPSA) is 41.1 Å². The molecule has 1 fully saturated rings. The molecule has 2 atom stereocenters. The highest BCUT2D eigenvalue weighted by Gasteiger charge is 2.18. The number of nitrogens with one attached hydrogen (secondary N) is 2. The predicted octanol–water partition coefficient (Wildman–Crippen LogP) is 2.71. The van der Waals surface area contributed by atoms with E-state index < -0.39 is 0 Å². The van der Waals surface area contributed by atoms with Crippen LogP contribution < -0.4 is 10.6 Å². The smallest absolute Gasteiger partial charge is 0.221 e. The molecule has 0 heterocycles. The first-order valence-electron chi connectivity index (χ1n) is 7.38. The summed E-state index contributed by atoms with van der Waals surface area (Å²) in [5.74, 6) is 1.85. The van der Waals surface area contributed by atoms with Crippen molar-refractivity contribution >= 4 is 5.91 Å². The SMILES string of the molecule is CC1CCCC(CNCCC(=O)NC(C)(C)C)C1. The van der Waals surface area contributed by atoms with Crippen molar-refractivity contribution in [2.24, 2.45) is 11.8 Å². The Morgan fingerprint density at radius 3 is 2.61 bits per heavy atom. The van der Waals surface area contributed by atoms with E-state index in [2.05, 4.69) is 17.6 Å². The first-order valence-corrected chi connectivity index (χ1v) is 7.38. The summed E-state index contributed by atoms with van der Waals surface area (Å²) in [6.45, 7) is 10.3. The van der Waals surface area contributed by atoms with Crippen LogP contribution in [0.3, 0.4) is 0 Å². The minimum absolute atomic E-state index is 0.115. The molecule has 1 saturated carbocycles. The highest BCUT2D eigenvalue weighted by molar-refractivity contribution is 5.76. The Hall–Kier alpha value is -0.570. The van der Waals surface area contributed by atoms with Gasteiger partial charge in [-0.05, 0) is 52.0 Å². The quantitative estimate of drug-likeness (QED) is 0.741. The molecule has 18 heavy (non-hydrogen) atoms. The van der Waals surface area contributed by atoms with E-state index in [1.54, 1.807) is 0 Å². The van der Waals surface area contributed by atoms with Gasteiger partial charge in [-0.3, -0.25) is 4.79 Å². The summed E-state index contributed by atoms with van der Waals surface area (Å²) in [5.41, 5.74) is -0.115. The van der Waals surface area contributed by atoms with Crippen LogP contribution in [0.2, 0.25) is 0 Å². The van der Waals surface area contributed by atoms with Gasteiger partial charge in [0.1, 0.15) is 0 Å². The number of hydrogen-bond acceptors (Lipinski definition) is 2. The van der Waals surface area contributed by atoms with E-state index in [0.717, 1.165) is 24.9 Å². The molecule has 2 unspecified atom stereocenters. The fraction of sp³-hybridized carbons (Fsp3) is 0.933. The van der Waals surface area contributed by atoms with Gasteiger partial charge < -0.3 is 10.6 Å². The van der Waals surface area contributed by atoms with Crippen LogP contribution in [0.15, 0.2) is 0 Å². The summed E-state index contributed by atoms with van der Waals surface area (Å²) in [6.07, 6.45) is 6.05. The monoisotopic (exact) mass is 254 g/mol. The van der Waals surface area contributed by atoms with Gasteiger partial charge >= 0.3 is 0 Å². The molecule has 106 valence electrons. The lowest BCUT2D eigenvalue weighted by Gasteiger charge is -2.27. The van der Waals surface area contributed by atoms with Crippen LogP contribution in [0.4, 0.5) is 0 Å². The van der Waals surface area contributed by atoms with E-state index in [9.17, 15) is 4.79 Å². The van der Waals surface area contributed by atoms with Crippen molar-refractivity contribution in [1.82, 2.24) is 10.6 Å². The second-order valence-electron chi connectivity index (χ2n) is 6.89. The lowest BCUT2D eigenvalue weighted by molar-refractivity contribution is -0.122. The standard InChI is InChI=1S/C15H30N2O/c1-12-6-5-7-13(10-12)11-16-9-8-14(18)17-15(2,3)4/h12-13,16H,5-11H2,1-4H3,(H,17,18). The maximum absolute atomic E-state index is 11.6. The molecule has 2 N–H and O–H groups in total. The number of amides is 1. The number of hydrogen-bond donors (Lipinski definition) is 2. The molecule has 1 amide bonds. The van der Waals surface area contributed by atoms with Gasteiger partial charge in [0.15, 0.2) is 0 Å². The predicted molar refractivity (Wildman–Crippen MR) is 76.5 cm³/mol. The average Bonchev–Trinajstić information content (AvgIpc) is 2.22. The summed E-state index contributed by atoms with van der Waals surface area (Å²) < 4.78 is 0. The van der Waals surface area contributed by atoms with Gasteiger partial charge in [0, 0.05) is 18.5 Å². The Bertz CT molecular complexity index is 258. The summed E-state index contributed by atoms with van der Waals surface area (Å²) in [7, 11) is 0. The molecule has 0 aliphatic heterocycles. The van der Waals surface area contributed by atoms with Crippen LogP contribution in [0.25, 0.3) is 0 Å². The second kappa shape index (κ2) is 7.13. The molecule has 1 rings (SSSR count). The van der Waals surface area contributed by atoms with Gasteiger partial charge in [-0.2, -0.15) is 0 Å². The highest BCUT2D eigenvalue weighted by atomic mass is 16.1. The first-order chi connectivity index (χ1) is 8.37. The Balaban J connectivity index is 2.06. The van der Waals surface area contributed by atoms with E-state index in [0.29, 0.717) is 6.42 Å². The summed E-state index contributed by atoms with van der Waals surface area (Å²) in [6, 6.07) is 0. The largest absolute Gasteiger partial charge is 0.351 e. The van der Waals surface area contributed by atoms with Crippen LogP contribution in [-0.4, -0.2) is 24.5 Å².